The Balaban J connectivity index is 1.56. The van der Waals surface area contributed by atoms with Crippen LogP contribution in [0.25, 0.3) is 0 Å². The van der Waals surface area contributed by atoms with Gasteiger partial charge in [-0.3, -0.25) is 4.99 Å². The van der Waals surface area contributed by atoms with Crippen LogP contribution in [0.2, 0.25) is 0 Å². The van der Waals surface area contributed by atoms with E-state index in [0.29, 0.717) is 6.04 Å². The fraction of sp³-hybridized carbons (Fsp3) is 0.409. The number of rotatable bonds is 1. The number of aryl methyl sites for hydroxylation is 1. The maximum Gasteiger partial charge on any atom is 0.108 e. The minimum Gasteiger partial charge on any atom is -0.343 e. The van der Waals surface area contributed by atoms with E-state index in [1.54, 1.807) is 0 Å². The summed E-state index contributed by atoms with van der Waals surface area (Å²) < 4.78 is 0. The number of amidine groups is 1. The van der Waals surface area contributed by atoms with Gasteiger partial charge < -0.3 is 10.6 Å². The zero-order chi connectivity index (χ0) is 16.7. The molecule has 2 aromatic carbocycles. The maximum absolute atomic E-state index is 5.33. The predicted molar refractivity (Wildman–Crippen MR) is 103 cm³/mol. The van der Waals surface area contributed by atoms with Gasteiger partial charge >= 0.3 is 0 Å². The molecular weight excluding hydrogens is 306 g/mol. The molecule has 0 radical (unpaired) electrons. The summed E-state index contributed by atoms with van der Waals surface area (Å²) in [6, 6.07) is 17.9. The lowest BCUT2D eigenvalue weighted by Gasteiger charge is -2.43. The highest BCUT2D eigenvalue weighted by Crippen LogP contribution is 2.43. The molecule has 2 aliphatic heterocycles. The Labute approximate surface area is 149 Å². The van der Waals surface area contributed by atoms with Crippen LogP contribution in [0.4, 0.5) is 5.69 Å². The van der Waals surface area contributed by atoms with E-state index in [9.17, 15) is 0 Å². The van der Waals surface area contributed by atoms with Crippen LogP contribution in [0.3, 0.4) is 0 Å². The molecule has 2 heterocycles. The molecule has 0 amide bonds. The molecule has 1 aliphatic carbocycles. The van der Waals surface area contributed by atoms with Gasteiger partial charge in [-0.1, -0.05) is 42.5 Å². The Hall–Kier alpha value is -2.13. The average molecular weight is 331 g/mol. The summed E-state index contributed by atoms with van der Waals surface area (Å²) in [5.41, 5.74) is 5.77. The molecule has 1 unspecified atom stereocenters. The molecule has 2 aromatic rings. The SMILES string of the molecule is c1ccc2c(c1)CC1(CCNCC1)C(=NC1CCc3ccccc31)N2. The molecule has 3 heteroatoms. The molecule has 128 valence electrons. The van der Waals surface area contributed by atoms with Crippen molar-refractivity contribution in [2.24, 2.45) is 10.4 Å². The number of para-hydroxylation sites is 1. The average Bonchev–Trinajstić information content (AvgIpc) is 3.06. The highest BCUT2D eigenvalue weighted by molar-refractivity contribution is 6.02. The number of hydrogen-bond donors (Lipinski definition) is 2. The van der Waals surface area contributed by atoms with Crippen LogP contribution in [0.1, 0.15) is 42.0 Å². The van der Waals surface area contributed by atoms with Gasteiger partial charge in [-0.05, 0) is 68.0 Å². The predicted octanol–water partition coefficient (Wildman–Crippen LogP) is 4.11. The van der Waals surface area contributed by atoms with E-state index in [0.717, 1.165) is 32.4 Å². The summed E-state index contributed by atoms with van der Waals surface area (Å²) in [5.74, 6) is 1.23. The Morgan fingerprint density at radius 1 is 0.920 bits per heavy atom. The third-order valence-electron chi connectivity index (χ3n) is 6.25. The van der Waals surface area contributed by atoms with Gasteiger partial charge in [-0.15, -0.1) is 0 Å². The third kappa shape index (κ3) is 2.58. The third-order valence-corrected chi connectivity index (χ3v) is 6.25. The quantitative estimate of drug-likeness (QED) is 0.825. The molecule has 1 spiro atoms. The van der Waals surface area contributed by atoms with Crippen molar-refractivity contribution in [2.75, 3.05) is 18.4 Å². The van der Waals surface area contributed by atoms with Crippen molar-refractivity contribution >= 4 is 11.5 Å². The van der Waals surface area contributed by atoms with Crippen molar-refractivity contribution in [1.82, 2.24) is 5.32 Å². The highest BCUT2D eigenvalue weighted by atomic mass is 15.1. The lowest BCUT2D eigenvalue weighted by Crippen LogP contribution is -2.48. The molecule has 0 bridgehead atoms. The van der Waals surface area contributed by atoms with Crippen LogP contribution < -0.4 is 10.6 Å². The fourth-order valence-corrected chi connectivity index (χ4v) is 4.82. The van der Waals surface area contributed by atoms with Gasteiger partial charge in [0.25, 0.3) is 0 Å². The summed E-state index contributed by atoms with van der Waals surface area (Å²) in [6.07, 6.45) is 5.75. The van der Waals surface area contributed by atoms with E-state index >= 15 is 0 Å². The van der Waals surface area contributed by atoms with Crippen molar-refractivity contribution in [3.63, 3.8) is 0 Å². The van der Waals surface area contributed by atoms with Gasteiger partial charge in [-0.25, -0.2) is 0 Å². The minimum absolute atomic E-state index is 0.178. The second-order valence-corrected chi connectivity index (χ2v) is 7.72. The first kappa shape index (κ1) is 15.2. The molecule has 0 saturated carbocycles. The second-order valence-electron chi connectivity index (χ2n) is 7.72. The van der Waals surface area contributed by atoms with E-state index in [-0.39, 0.29) is 5.41 Å². The van der Waals surface area contributed by atoms with Crippen molar-refractivity contribution in [1.29, 1.82) is 0 Å². The number of anilines is 1. The van der Waals surface area contributed by atoms with Crippen molar-refractivity contribution in [3.8, 4) is 0 Å². The number of piperidine rings is 1. The molecule has 1 saturated heterocycles. The van der Waals surface area contributed by atoms with Crippen LogP contribution in [0.15, 0.2) is 53.5 Å². The van der Waals surface area contributed by atoms with Crippen LogP contribution in [-0.2, 0) is 12.8 Å². The summed E-state index contributed by atoms with van der Waals surface area (Å²) in [5, 5.41) is 7.26. The molecule has 2 N–H and O–H groups in total. The highest BCUT2D eigenvalue weighted by Gasteiger charge is 2.41. The Bertz CT molecular complexity index is 818. The van der Waals surface area contributed by atoms with E-state index in [2.05, 4.69) is 59.2 Å². The zero-order valence-electron chi connectivity index (χ0n) is 14.6. The standard InChI is InChI=1S/C22H25N3/c1-3-7-18-16(5-1)9-10-20(18)25-21-22(11-13-23-14-12-22)15-17-6-2-4-8-19(17)24-21/h1-8,20,23H,9-15H2,(H,24,25). The lowest BCUT2D eigenvalue weighted by molar-refractivity contribution is 0.292. The summed E-state index contributed by atoms with van der Waals surface area (Å²) >= 11 is 0. The fourth-order valence-electron chi connectivity index (χ4n) is 4.82. The first-order valence-corrected chi connectivity index (χ1v) is 9.56. The molecule has 0 aromatic heterocycles. The lowest BCUT2D eigenvalue weighted by atomic mass is 9.70. The zero-order valence-corrected chi connectivity index (χ0v) is 14.6. The van der Waals surface area contributed by atoms with E-state index in [1.807, 2.05) is 0 Å². The molecule has 1 fully saturated rings. The minimum atomic E-state index is 0.178. The number of benzene rings is 2. The first-order valence-electron chi connectivity index (χ1n) is 9.56. The van der Waals surface area contributed by atoms with Gasteiger partial charge in [-0.2, -0.15) is 0 Å². The monoisotopic (exact) mass is 331 g/mol. The number of fused-ring (bicyclic) bond motifs is 2. The second kappa shape index (κ2) is 5.99. The van der Waals surface area contributed by atoms with Crippen LogP contribution in [0.5, 0.6) is 0 Å². The summed E-state index contributed by atoms with van der Waals surface area (Å²) in [4.78, 5) is 5.33. The van der Waals surface area contributed by atoms with E-state index in [1.165, 1.54) is 41.1 Å². The van der Waals surface area contributed by atoms with Crippen molar-refractivity contribution < 1.29 is 0 Å². The van der Waals surface area contributed by atoms with Crippen LogP contribution in [-0.4, -0.2) is 18.9 Å². The Kier molecular flexibility index (Phi) is 3.63. The molecule has 25 heavy (non-hydrogen) atoms. The van der Waals surface area contributed by atoms with Gasteiger partial charge in [0.05, 0.1) is 6.04 Å². The van der Waals surface area contributed by atoms with Gasteiger partial charge in [0.1, 0.15) is 5.84 Å². The number of nitrogens with one attached hydrogen (secondary N) is 2. The van der Waals surface area contributed by atoms with Gasteiger partial charge in [0.2, 0.25) is 0 Å². The van der Waals surface area contributed by atoms with Gasteiger partial charge in [0.15, 0.2) is 0 Å². The molecule has 5 rings (SSSR count). The molecule has 3 aliphatic rings. The first-order chi connectivity index (χ1) is 12.3. The van der Waals surface area contributed by atoms with Crippen LogP contribution in [0, 0.1) is 5.41 Å². The summed E-state index contributed by atoms with van der Waals surface area (Å²) in [7, 11) is 0. The molecular formula is C22H25N3. The Morgan fingerprint density at radius 3 is 2.56 bits per heavy atom. The van der Waals surface area contributed by atoms with Crippen molar-refractivity contribution in [3.05, 3.63) is 65.2 Å². The normalized spacial score (nSPS) is 25.4. The van der Waals surface area contributed by atoms with Gasteiger partial charge in [0, 0.05) is 11.1 Å². The molecule has 1 atom stereocenters. The van der Waals surface area contributed by atoms with Crippen LogP contribution >= 0.6 is 0 Å². The van der Waals surface area contributed by atoms with E-state index < -0.39 is 0 Å². The number of hydrogen-bond acceptors (Lipinski definition) is 2. The topological polar surface area (TPSA) is 36.4 Å². The molecule has 3 nitrogen and oxygen atoms in total. The number of nitrogens with zero attached hydrogens (tertiary/aromatic N) is 1. The number of aliphatic imine (C=N–C) groups is 1. The maximum atomic E-state index is 5.33. The van der Waals surface area contributed by atoms with Crippen molar-refractivity contribution in [2.45, 2.75) is 38.1 Å². The Morgan fingerprint density at radius 2 is 1.68 bits per heavy atom. The smallest absolute Gasteiger partial charge is 0.108 e. The largest absolute Gasteiger partial charge is 0.343 e. The van der Waals surface area contributed by atoms with E-state index in [4.69, 9.17) is 4.99 Å². The summed E-state index contributed by atoms with van der Waals surface area (Å²) in [6.45, 7) is 2.17.